The zero-order valence-corrected chi connectivity index (χ0v) is 18.4. The second-order valence-electron chi connectivity index (χ2n) is 8.00. The third-order valence-electron chi connectivity index (χ3n) is 5.19. The zero-order chi connectivity index (χ0) is 22.5. The Morgan fingerprint density at radius 2 is 1.56 bits per heavy atom. The lowest BCUT2D eigenvalue weighted by Crippen LogP contribution is -1.99. The number of oxazole rings is 1. The maximum absolute atomic E-state index is 9.41. The van der Waals surface area contributed by atoms with E-state index in [-0.39, 0.29) is 5.69 Å². The van der Waals surface area contributed by atoms with Gasteiger partial charge in [0, 0.05) is 12.1 Å². The smallest absolute Gasteiger partial charge is 0.232 e. The van der Waals surface area contributed by atoms with E-state index in [1.54, 1.807) is 0 Å². The Kier molecular flexibility index (Phi) is 6.23. The molecule has 0 radical (unpaired) electrons. The Bertz CT molecular complexity index is 1220. The van der Waals surface area contributed by atoms with Gasteiger partial charge in [0.25, 0.3) is 0 Å². The average Bonchev–Trinajstić information content (AvgIpc) is 3.23. The van der Waals surface area contributed by atoms with E-state index >= 15 is 0 Å². The van der Waals surface area contributed by atoms with Crippen LogP contribution >= 0.6 is 0 Å². The van der Waals surface area contributed by atoms with Crippen molar-refractivity contribution < 1.29 is 9.15 Å². The van der Waals surface area contributed by atoms with Crippen molar-refractivity contribution in [2.24, 2.45) is 0 Å². The van der Waals surface area contributed by atoms with E-state index in [2.05, 4.69) is 42.4 Å². The number of nitrogens with one attached hydrogen (secondary N) is 1. The summed E-state index contributed by atoms with van der Waals surface area (Å²) in [5.74, 6) is 2.87. The molecule has 0 aliphatic carbocycles. The molecular formula is C27H25N3O2. The monoisotopic (exact) mass is 423 g/mol. The molecule has 1 aromatic heterocycles. The predicted molar refractivity (Wildman–Crippen MR) is 126 cm³/mol. The highest BCUT2D eigenvalue weighted by Gasteiger charge is 2.14. The lowest BCUT2D eigenvalue weighted by molar-refractivity contribution is 0.482. The van der Waals surface area contributed by atoms with E-state index in [9.17, 15) is 5.26 Å². The minimum absolute atomic E-state index is 0.241. The van der Waals surface area contributed by atoms with Gasteiger partial charge in [0.15, 0.2) is 0 Å². The predicted octanol–water partition coefficient (Wildman–Crippen LogP) is 7.05. The standard InChI is InChI=1S/C27H25N3O2/c1-18(2)21-10-14-24(15-11-21)31-23-12-6-20(7-13-23)17-29-27-25(16-28)30-26(32-27)22-8-4-19(3)5-9-22/h4-15,18,29H,17H2,1-3H3. The van der Waals surface area contributed by atoms with E-state index < -0.39 is 0 Å². The van der Waals surface area contributed by atoms with Gasteiger partial charge < -0.3 is 14.5 Å². The number of rotatable bonds is 7. The molecule has 4 rings (SSSR count). The van der Waals surface area contributed by atoms with E-state index in [0.29, 0.717) is 24.2 Å². The fourth-order valence-corrected chi connectivity index (χ4v) is 3.25. The molecule has 0 atom stereocenters. The van der Waals surface area contributed by atoms with E-state index in [0.717, 1.165) is 28.2 Å². The third-order valence-corrected chi connectivity index (χ3v) is 5.19. The van der Waals surface area contributed by atoms with Crippen LogP contribution in [-0.4, -0.2) is 4.98 Å². The number of hydrogen-bond donors (Lipinski definition) is 1. The van der Waals surface area contributed by atoms with Crippen molar-refractivity contribution in [3.8, 4) is 29.0 Å². The molecule has 1 heterocycles. The molecule has 0 amide bonds. The van der Waals surface area contributed by atoms with Crippen LogP contribution in [0.4, 0.5) is 5.88 Å². The summed E-state index contributed by atoms with van der Waals surface area (Å²) in [7, 11) is 0. The maximum Gasteiger partial charge on any atom is 0.232 e. The van der Waals surface area contributed by atoms with E-state index in [1.165, 1.54) is 5.56 Å². The lowest BCUT2D eigenvalue weighted by Gasteiger charge is -2.09. The number of aryl methyl sites for hydroxylation is 1. The zero-order valence-electron chi connectivity index (χ0n) is 18.4. The Hall–Kier alpha value is -4.04. The van der Waals surface area contributed by atoms with Crippen molar-refractivity contribution in [2.75, 3.05) is 5.32 Å². The highest BCUT2D eigenvalue weighted by molar-refractivity contribution is 5.59. The largest absolute Gasteiger partial charge is 0.457 e. The molecule has 0 saturated heterocycles. The van der Waals surface area contributed by atoms with Crippen LogP contribution in [0.3, 0.4) is 0 Å². The van der Waals surface area contributed by atoms with Crippen LogP contribution in [0.25, 0.3) is 11.5 Å². The topological polar surface area (TPSA) is 71.1 Å². The molecule has 0 aliphatic rings. The summed E-state index contributed by atoms with van der Waals surface area (Å²) in [5, 5.41) is 12.6. The molecule has 0 bridgehead atoms. The van der Waals surface area contributed by atoms with Gasteiger partial charge in [-0.3, -0.25) is 0 Å². The molecular weight excluding hydrogens is 398 g/mol. The molecule has 0 unspecified atom stereocenters. The number of nitrogens with zero attached hydrogens (tertiary/aromatic N) is 2. The Balaban J connectivity index is 1.40. The summed E-state index contributed by atoms with van der Waals surface area (Å²) in [6.45, 7) is 6.86. The SMILES string of the molecule is Cc1ccc(-c2nc(C#N)c(NCc3ccc(Oc4ccc(C(C)C)cc4)cc3)o2)cc1. The van der Waals surface area contributed by atoms with Crippen molar-refractivity contribution >= 4 is 5.88 Å². The van der Waals surface area contributed by atoms with Crippen molar-refractivity contribution in [3.63, 3.8) is 0 Å². The van der Waals surface area contributed by atoms with Gasteiger partial charge >= 0.3 is 0 Å². The second kappa shape index (κ2) is 9.40. The summed E-state index contributed by atoms with van der Waals surface area (Å²) in [4.78, 5) is 4.31. The van der Waals surface area contributed by atoms with Gasteiger partial charge in [-0.2, -0.15) is 10.2 Å². The van der Waals surface area contributed by atoms with Gasteiger partial charge in [-0.05, 0) is 60.4 Å². The summed E-state index contributed by atoms with van der Waals surface area (Å²) in [6, 6.07) is 25.9. The second-order valence-corrected chi connectivity index (χ2v) is 8.00. The molecule has 3 aromatic carbocycles. The number of benzene rings is 3. The molecule has 0 spiro atoms. The Labute approximate surface area is 188 Å². The fraction of sp³-hybridized carbons (Fsp3) is 0.185. The number of anilines is 1. The Morgan fingerprint density at radius 3 is 2.16 bits per heavy atom. The fourth-order valence-electron chi connectivity index (χ4n) is 3.25. The van der Waals surface area contributed by atoms with Crippen molar-refractivity contribution in [1.82, 2.24) is 4.98 Å². The van der Waals surface area contributed by atoms with Crippen LogP contribution < -0.4 is 10.1 Å². The Morgan fingerprint density at radius 1 is 0.938 bits per heavy atom. The van der Waals surface area contributed by atoms with Crippen LogP contribution in [-0.2, 0) is 6.54 Å². The van der Waals surface area contributed by atoms with Crippen molar-refractivity contribution in [1.29, 1.82) is 5.26 Å². The van der Waals surface area contributed by atoms with Crippen LogP contribution in [0.1, 0.15) is 42.1 Å². The number of ether oxygens (including phenoxy) is 1. The minimum Gasteiger partial charge on any atom is -0.457 e. The van der Waals surface area contributed by atoms with Gasteiger partial charge in [0.1, 0.15) is 17.6 Å². The first kappa shape index (κ1) is 21.2. The number of hydrogen-bond acceptors (Lipinski definition) is 5. The van der Waals surface area contributed by atoms with Crippen LogP contribution in [0.2, 0.25) is 0 Å². The summed E-state index contributed by atoms with van der Waals surface area (Å²) >= 11 is 0. The van der Waals surface area contributed by atoms with Gasteiger partial charge in [-0.25, -0.2) is 0 Å². The minimum atomic E-state index is 0.241. The first-order valence-corrected chi connectivity index (χ1v) is 10.6. The van der Waals surface area contributed by atoms with Gasteiger partial charge in [-0.15, -0.1) is 0 Å². The lowest BCUT2D eigenvalue weighted by atomic mass is 10.0. The van der Waals surface area contributed by atoms with Crippen molar-refractivity contribution in [2.45, 2.75) is 33.2 Å². The van der Waals surface area contributed by atoms with E-state index in [1.807, 2.05) is 67.6 Å². The summed E-state index contributed by atoms with van der Waals surface area (Å²) in [6.07, 6.45) is 0. The number of nitriles is 1. The van der Waals surface area contributed by atoms with Crippen molar-refractivity contribution in [3.05, 3.63) is 95.2 Å². The van der Waals surface area contributed by atoms with Crippen LogP contribution in [0.15, 0.2) is 77.2 Å². The van der Waals surface area contributed by atoms with E-state index in [4.69, 9.17) is 9.15 Å². The van der Waals surface area contributed by atoms with Crippen LogP contribution in [0, 0.1) is 18.3 Å². The molecule has 5 nitrogen and oxygen atoms in total. The highest BCUT2D eigenvalue weighted by atomic mass is 16.5. The number of aromatic nitrogens is 1. The van der Waals surface area contributed by atoms with Gasteiger partial charge in [-0.1, -0.05) is 55.8 Å². The maximum atomic E-state index is 9.41. The van der Waals surface area contributed by atoms with Crippen LogP contribution in [0.5, 0.6) is 11.5 Å². The summed E-state index contributed by atoms with van der Waals surface area (Å²) in [5.41, 5.74) is 4.55. The summed E-state index contributed by atoms with van der Waals surface area (Å²) < 4.78 is 11.7. The molecule has 1 N–H and O–H groups in total. The highest BCUT2D eigenvalue weighted by Crippen LogP contribution is 2.27. The van der Waals surface area contributed by atoms with Gasteiger partial charge in [0.2, 0.25) is 17.5 Å². The normalized spacial score (nSPS) is 10.7. The first-order valence-electron chi connectivity index (χ1n) is 10.6. The first-order chi connectivity index (χ1) is 15.5. The molecule has 0 saturated carbocycles. The third kappa shape index (κ3) is 4.98. The average molecular weight is 424 g/mol. The quantitative estimate of drug-likeness (QED) is 0.345. The van der Waals surface area contributed by atoms with Gasteiger partial charge in [0.05, 0.1) is 0 Å². The molecule has 5 heteroatoms. The molecule has 0 aliphatic heterocycles. The molecule has 0 fully saturated rings. The molecule has 32 heavy (non-hydrogen) atoms. The molecule has 4 aromatic rings. The molecule has 160 valence electrons.